The Kier molecular flexibility index (Phi) is 8.29. The summed E-state index contributed by atoms with van der Waals surface area (Å²) in [5.41, 5.74) is 0. The molecule has 11 heavy (non-hydrogen) atoms. The number of nitrogens with zero attached hydrogens (tertiary/aromatic N) is 1. The number of thiazole rings is 1. The van der Waals surface area contributed by atoms with Crippen LogP contribution in [0.25, 0.3) is 0 Å². The van der Waals surface area contributed by atoms with Gasteiger partial charge >= 0.3 is 69.2 Å². The first-order chi connectivity index (χ1) is 4.11. The molecule has 0 saturated carbocycles. The fourth-order valence-electron chi connectivity index (χ4n) is 0.338. The molecule has 0 aliphatic carbocycles. The number of aromatic nitrogens is 1. The van der Waals surface area contributed by atoms with Gasteiger partial charge in [0.2, 0.25) is 4.34 Å². The Morgan fingerprint density at radius 3 is 2.27 bits per heavy atom. The van der Waals surface area contributed by atoms with Crippen molar-refractivity contribution in [1.29, 1.82) is 0 Å². The Balaban J connectivity index is -0.000000101. The molecule has 0 bridgehead atoms. The van der Waals surface area contributed by atoms with Crippen molar-refractivity contribution < 1.29 is 74.9 Å². The van der Waals surface area contributed by atoms with Crippen LogP contribution in [-0.4, -0.2) is 18.0 Å². The standard InChI is InChI=1S/C3H3NO3S2.2Na.2H/c5-9(6,7)3-4-1-2-8-3;;;;/h1-2H,(H,5,6,7);;;;/q;2*+1;2*-1. The maximum atomic E-state index is 10.2. The molecule has 0 aromatic carbocycles. The van der Waals surface area contributed by atoms with Gasteiger partial charge in [-0.15, -0.1) is 11.3 Å². The van der Waals surface area contributed by atoms with Crippen LogP contribution in [0.4, 0.5) is 0 Å². The van der Waals surface area contributed by atoms with Crippen LogP contribution in [0.2, 0.25) is 0 Å². The summed E-state index contributed by atoms with van der Waals surface area (Å²) in [4.78, 5) is 3.37. The molecule has 0 aliphatic heterocycles. The Labute approximate surface area is 116 Å². The first-order valence-corrected chi connectivity index (χ1v) is 4.29. The SMILES string of the molecule is O=S(=O)(O)c1nccs1.[H-].[H-].[Na+].[Na+]. The molecule has 0 saturated heterocycles. The predicted octanol–water partition coefficient (Wildman–Crippen LogP) is -5.38. The van der Waals surface area contributed by atoms with Crippen LogP contribution in [0.5, 0.6) is 0 Å². The fraction of sp³-hybridized carbons (Fsp3) is 0. The number of hydrogen-bond donors (Lipinski definition) is 1. The van der Waals surface area contributed by atoms with Gasteiger partial charge in [0.05, 0.1) is 0 Å². The molecule has 1 aromatic heterocycles. The second-order valence-corrected chi connectivity index (χ2v) is 3.76. The molecule has 4 nitrogen and oxygen atoms in total. The summed E-state index contributed by atoms with van der Waals surface area (Å²) in [7, 11) is -4.05. The minimum absolute atomic E-state index is 0. The van der Waals surface area contributed by atoms with Crippen LogP contribution in [0.3, 0.4) is 0 Å². The summed E-state index contributed by atoms with van der Waals surface area (Å²) in [6, 6.07) is 0. The van der Waals surface area contributed by atoms with E-state index < -0.39 is 10.1 Å². The van der Waals surface area contributed by atoms with Crippen molar-refractivity contribution in [3.8, 4) is 0 Å². The molecule has 54 valence electrons. The van der Waals surface area contributed by atoms with Crippen LogP contribution in [0, 0.1) is 0 Å². The van der Waals surface area contributed by atoms with E-state index in [2.05, 4.69) is 4.98 Å². The van der Waals surface area contributed by atoms with Gasteiger partial charge < -0.3 is 2.85 Å². The molecule has 0 amide bonds. The third-order valence-electron chi connectivity index (χ3n) is 0.630. The molecule has 1 heterocycles. The molecule has 1 aromatic rings. The van der Waals surface area contributed by atoms with Gasteiger partial charge in [0.1, 0.15) is 0 Å². The molecule has 1 rings (SSSR count). The molecule has 8 heteroatoms. The molecule has 0 fully saturated rings. The van der Waals surface area contributed by atoms with Crippen molar-refractivity contribution in [3.05, 3.63) is 11.6 Å². The third-order valence-corrected chi connectivity index (χ3v) is 2.66. The Bertz CT molecular complexity index is 290. The molecule has 0 unspecified atom stereocenters. The van der Waals surface area contributed by atoms with Crippen LogP contribution >= 0.6 is 11.3 Å². The van der Waals surface area contributed by atoms with Crippen molar-refractivity contribution in [2.24, 2.45) is 0 Å². The minimum Gasteiger partial charge on any atom is -1.00 e. The zero-order valence-electron chi connectivity index (χ0n) is 8.18. The average Bonchev–Trinajstić information content (AvgIpc) is 2.08. The van der Waals surface area contributed by atoms with E-state index in [1.165, 1.54) is 11.6 Å². The fourth-order valence-corrected chi connectivity index (χ4v) is 1.54. The van der Waals surface area contributed by atoms with Crippen molar-refractivity contribution >= 4 is 21.5 Å². The Hall–Kier alpha value is 1.54. The van der Waals surface area contributed by atoms with Gasteiger partial charge in [-0.05, 0) is 0 Å². The summed E-state index contributed by atoms with van der Waals surface area (Å²) in [5, 5.41) is 1.48. The summed E-state index contributed by atoms with van der Waals surface area (Å²) < 4.78 is 28.4. The van der Waals surface area contributed by atoms with Crippen molar-refractivity contribution in [3.63, 3.8) is 0 Å². The summed E-state index contributed by atoms with van der Waals surface area (Å²) in [6.07, 6.45) is 1.31. The van der Waals surface area contributed by atoms with Crippen LogP contribution in [0.15, 0.2) is 15.9 Å². The first-order valence-electron chi connectivity index (χ1n) is 1.97. The third kappa shape index (κ3) is 4.97. The van der Waals surface area contributed by atoms with E-state index in [0.29, 0.717) is 0 Å². The van der Waals surface area contributed by atoms with Crippen molar-refractivity contribution in [1.82, 2.24) is 4.98 Å². The van der Waals surface area contributed by atoms with Gasteiger partial charge in [-0.25, -0.2) is 4.98 Å². The number of hydrogen-bond acceptors (Lipinski definition) is 4. The molecule has 0 atom stereocenters. The minimum atomic E-state index is -4.05. The zero-order valence-corrected chi connectivity index (χ0v) is 11.8. The summed E-state index contributed by atoms with van der Waals surface area (Å²) >= 11 is 0.881. The van der Waals surface area contributed by atoms with E-state index in [1.807, 2.05) is 0 Å². The van der Waals surface area contributed by atoms with Gasteiger partial charge in [-0.3, -0.25) is 4.55 Å². The van der Waals surface area contributed by atoms with E-state index in [4.69, 9.17) is 4.55 Å². The summed E-state index contributed by atoms with van der Waals surface area (Å²) in [5.74, 6) is 0. The van der Waals surface area contributed by atoms with Crippen LogP contribution in [0.1, 0.15) is 2.85 Å². The van der Waals surface area contributed by atoms with Crippen LogP contribution < -0.4 is 59.1 Å². The van der Waals surface area contributed by atoms with E-state index >= 15 is 0 Å². The van der Waals surface area contributed by atoms with Crippen LogP contribution in [-0.2, 0) is 10.1 Å². The second kappa shape index (κ2) is 6.06. The molecular weight excluding hydrogens is 208 g/mol. The molecular formula is C3H5NNa2O3S2. The molecule has 0 radical (unpaired) electrons. The van der Waals surface area contributed by atoms with E-state index in [1.54, 1.807) is 0 Å². The van der Waals surface area contributed by atoms with E-state index in [9.17, 15) is 8.42 Å². The maximum absolute atomic E-state index is 10.2. The smallest absolute Gasteiger partial charge is 1.00 e. The topological polar surface area (TPSA) is 67.3 Å². The van der Waals surface area contributed by atoms with Crippen molar-refractivity contribution in [2.75, 3.05) is 0 Å². The van der Waals surface area contributed by atoms with Crippen molar-refractivity contribution in [2.45, 2.75) is 4.34 Å². The summed E-state index contributed by atoms with van der Waals surface area (Å²) in [6.45, 7) is 0. The van der Waals surface area contributed by atoms with Gasteiger partial charge in [0.15, 0.2) is 0 Å². The van der Waals surface area contributed by atoms with Gasteiger partial charge in [-0.1, -0.05) is 0 Å². The van der Waals surface area contributed by atoms with E-state index in [0.717, 1.165) is 11.3 Å². The monoisotopic (exact) mass is 213 g/mol. The zero-order chi connectivity index (χ0) is 6.91. The average molecular weight is 213 g/mol. The first kappa shape index (κ1) is 15.0. The molecule has 0 spiro atoms. The predicted molar refractivity (Wildman–Crippen MR) is 34.2 cm³/mol. The Morgan fingerprint density at radius 2 is 2.09 bits per heavy atom. The quantitative estimate of drug-likeness (QED) is 0.373. The Morgan fingerprint density at radius 1 is 1.55 bits per heavy atom. The molecule has 1 N–H and O–H groups in total. The number of rotatable bonds is 1. The largest absolute Gasteiger partial charge is 1.00 e. The van der Waals surface area contributed by atoms with Gasteiger partial charge in [0.25, 0.3) is 0 Å². The maximum Gasteiger partial charge on any atom is 1.00 e. The van der Waals surface area contributed by atoms with Gasteiger partial charge in [-0.2, -0.15) is 8.42 Å². The van der Waals surface area contributed by atoms with E-state index in [-0.39, 0.29) is 66.3 Å². The molecule has 0 aliphatic rings. The normalized spacial score (nSPS) is 9.55. The second-order valence-electron chi connectivity index (χ2n) is 1.27. The van der Waals surface area contributed by atoms with Gasteiger partial charge in [0, 0.05) is 11.6 Å².